The second kappa shape index (κ2) is 9.56. The summed E-state index contributed by atoms with van der Waals surface area (Å²) in [6.45, 7) is 9.09. The fraction of sp³-hybridized carbons (Fsp3) is 0.375. The van der Waals surface area contributed by atoms with Gasteiger partial charge in [0.1, 0.15) is 11.6 Å². The first-order chi connectivity index (χ1) is 14.3. The molecule has 0 fully saturated rings. The molecule has 0 N–H and O–H groups in total. The lowest BCUT2D eigenvalue weighted by atomic mass is 9.99. The van der Waals surface area contributed by atoms with Crippen LogP contribution in [-0.2, 0) is 6.42 Å². The van der Waals surface area contributed by atoms with Gasteiger partial charge in [-0.3, -0.25) is 4.79 Å². The molecule has 0 saturated carbocycles. The third-order valence-corrected chi connectivity index (χ3v) is 5.01. The van der Waals surface area contributed by atoms with Crippen molar-refractivity contribution in [2.75, 3.05) is 6.61 Å². The van der Waals surface area contributed by atoms with Crippen molar-refractivity contribution in [1.29, 1.82) is 0 Å². The number of fused-ring (bicyclic) bond motifs is 1. The van der Waals surface area contributed by atoms with E-state index < -0.39 is 0 Å². The van der Waals surface area contributed by atoms with Gasteiger partial charge < -0.3 is 4.74 Å². The van der Waals surface area contributed by atoms with Gasteiger partial charge in [0.25, 0.3) is 5.56 Å². The van der Waals surface area contributed by atoms with Crippen molar-refractivity contribution in [2.45, 2.75) is 47.0 Å². The van der Waals surface area contributed by atoms with Crippen LogP contribution < -0.4 is 10.3 Å². The highest BCUT2D eigenvalue weighted by Gasteiger charge is 2.13. The molecule has 1 aromatic heterocycles. The minimum atomic E-state index is -0.170. The first-order valence-corrected chi connectivity index (χ1v) is 11.0. The van der Waals surface area contributed by atoms with E-state index in [4.69, 9.17) is 9.72 Å². The minimum Gasteiger partial charge on any atom is -0.492 e. The lowest BCUT2D eigenvalue weighted by molar-refractivity contribution is 0.197. The smallest absolute Gasteiger partial charge is 0.282 e. The third kappa shape index (κ3) is 5.57. The van der Waals surface area contributed by atoms with Gasteiger partial charge in [0.15, 0.2) is 0 Å². The summed E-state index contributed by atoms with van der Waals surface area (Å²) >= 11 is 3.44. The molecule has 0 unspecified atom stereocenters. The predicted octanol–water partition coefficient (Wildman–Crippen LogP) is 5.81. The minimum absolute atomic E-state index is 0.0458. The van der Waals surface area contributed by atoms with Gasteiger partial charge in [-0.05, 0) is 42.2 Å². The van der Waals surface area contributed by atoms with Crippen molar-refractivity contribution in [3.05, 3.63) is 68.7 Å². The molecular formula is C24H28BrN3O2. The molecule has 2 aromatic carbocycles. The number of halogens is 1. The van der Waals surface area contributed by atoms with Gasteiger partial charge in [0.2, 0.25) is 0 Å². The number of aromatic nitrogens is 2. The zero-order valence-electron chi connectivity index (χ0n) is 18.0. The molecule has 30 heavy (non-hydrogen) atoms. The molecule has 0 aliphatic heterocycles. The summed E-state index contributed by atoms with van der Waals surface area (Å²) in [4.78, 5) is 17.9. The number of rotatable bonds is 7. The molecule has 3 aromatic rings. The van der Waals surface area contributed by atoms with E-state index in [0.717, 1.165) is 28.6 Å². The van der Waals surface area contributed by atoms with E-state index in [9.17, 15) is 4.79 Å². The van der Waals surface area contributed by atoms with Crippen LogP contribution in [0.1, 0.15) is 51.9 Å². The highest BCUT2D eigenvalue weighted by molar-refractivity contribution is 9.10. The molecule has 0 atom stereocenters. The van der Waals surface area contributed by atoms with Crippen molar-refractivity contribution >= 4 is 33.0 Å². The summed E-state index contributed by atoms with van der Waals surface area (Å²) in [5.74, 6) is 1.41. The van der Waals surface area contributed by atoms with Gasteiger partial charge in [0, 0.05) is 16.5 Å². The first kappa shape index (κ1) is 22.2. The molecule has 5 nitrogen and oxygen atoms in total. The number of aryl methyl sites for hydroxylation is 1. The van der Waals surface area contributed by atoms with Crippen LogP contribution in [0.15, 0.2) is 56.8 Å². The number of para-hydroxylation sites is 1. The fourth-order valence-corrected chi connectivity index (χ4v) is 3.30. The zero-order chi connectivity index (χ0) is 21.7. The summed E-state index contributed by atoms with van der Waals surface area (Å²) in [6, 6.07) is 13.3. The van der Waals surface area contributed by atoms with Gasteiger partial charge in [-0.2, -0.15) is 9.78 Å². The standard InChI is InChI=1S/C24H28BrN3O2/c1-5-6-11-22-27-20-13-12-18(25)14-19(20)23(29)28(22)26-15-17-9-7-8-10-21(17)30-16-24(2,3)4/h7-10,12-15H,5-6,11,16H2,1-4H3. The van der Waals surface area contributed by atoms with E-state index in [1.165, 1.54) is 4.68 Å². The normalized spacial score (nSPS) is 12.0. The molecule has 6 heteroatoms. The lowest BCUT2D eigenvalue weighted by Crippen LogP contribution is -2.22. The molecule has 3 rings (SSSR count). The monoisotopic (exact) mass is 469 g/mol. The third-order valence-electron chi connectivity index (χ3n) is 4.52. The topological polar surface area (TPSA) is 56.5 Å². The van der Waals surface area contributed by atoms with E-state index in [2.05, 4.69) is 48.7 Å². The quantitative estimate of drug-likeness (QED) is 0.410. The number of benzene rings is 2. The Labute approximate surface area is 185 Å². The Bertz CT molecular complexity index is 1110. The van der Waals surface area contributed by atoms with E-state index in [1.54, 1.807) is 12.3 Å². The van der Waals surface area contributed by atoms with Gasteiger partial charge in [0.05, 0.1) is 23.7 Å². The molecule has 0 aliphatic rings. The molecule has 0 spiro atoms. The molecule has 0 amide bonds. The SMILES string of the molecule is CCCCc1nc2ccc(Br)cc2c(=O)n1N=Cc1ccccc1OCC(C)(C)C. The maximum absolute atomic E-state index is 13.2. The maximum Gasteiger partial charge on any atom is 0.282 e. The summed E-state index contributed by atoms with van der Waals surface area (Å²) in [5, 5.41) is 5.08. The first-order valence-electron chi connectivity index (χ1n) is 10.3. The summed E-state index contributed by atoms with van der Waals surface area (Å²) in [5.41, 5.74) is 1.39. The lowest BCUT2D eigenvalue weighted by Gasteiger charge is -2.19. The Hall–Kier alpha value is -2.47. The molecule has 0 bridgehead atoms. The second-order valence-corrected chi connectivity index (χ2v) is 9.46. The number of ether oxygens (including phenoxy) is 1. The van der Waals surface area contributed by atoms with Gasteiger partial charge in [-0.15, -0.1) is 0 Å². The molecule has 158 valence electrons. The van der Waals surface area contributed by atoms with Crippen LogP contribution in [0.5, 0.6) is 5.75 Å². The van der Waals surface area contributed by atoms with Crippen LogP contribution in [0.2, 0.25) is 0 Å². The average Bonchev–Trinajstić information content (AvgIpc) is 2.70. The predicted molar refractivity (Wildman–Crippen MR) is 127 cm³/mol. The fourth-order valence-electron chi connectivity index (χ4n) is 2.94. The van der Waals surface area contributed by atoms with E-state index in [0.29, 0.717) is 29.8 Å². The van der Waals surface area contributed by atoms with Gasteiger partial charge in [-0.1, -0.05) is 62.2 Å². The van der Waals surface area contributed by atoms with Crippen molar-refractivity contribution in [3.8, 4) is 5.75 Å². The molecule has 0 saturated heterocycles. The highest BCUT2D eigenvalue weighted by atomic mass is 79.9. The van der Waals surface area contributed by atoms with Crippen molar-refractivity contribution < 1.29 is 4.74 Å². The summed E-state index contributed by atoms with van der Waals surface area (Å²) < 4.78 is 8.26. The molecule has 1 heterocycles. The Morgan fingerprint density at radius 2 is 1.97 bits per heavy atom. The van der Waals surface area contributed by atoms with Crippen LogP contribution in [0.3, 0.4) is 0 Å². The van der Waals surface area contributed by atoms with Crippen LogP contribution in [0.4, 0.5) is 0 Å². The average molecular weight is 470 g/mol. The van der Waals surface area contributed by atoms with Crippen molar-refractivity contribution in [3.63, 3.8) is 0 Å². The molecule has 0 aliphatic carbocycles. The Balaban J connectivity index is 2.03. The van der Waals surface area contributed by atoms with Gasteiger partial charge in [-0.25, -0.2) is 4.98 Å². The molecule has 0 radical (unpaired) electrons. The number of hydrogen-bond acceptors (Lipinski definition) is 4. The second-order valence-electron chi connectivity index (χ2n) is 8.54. The largest absolute Gasteiger partial charge is 0.492 e. The van der Waals surface area contributed by atoms with Gasteiger partial charge >= 0.3 is 0 Å². The zero-order valence-corrected chi connectivity index (χ0v) is 19.6. The van der Waals surface area contributed by atoms with Crippen molar-refractivity contribution in [2.24, 2.45) is 10.5 Å². The van der Waals surface area contributed by atoms with Crippen LogP contribution >= 0.6 is 15.9 Å². The Kier molecular flexibility index (Phi) is 7.08. The van der Waals surface area contributed by atoms with E-state index >= 15 is 0 Å². The summed E-state index contributed by atoms with van der Waals surface area (Å²) in [7, 11) is 0. The van der Waals surface area contributed by atoms with Crippen LogP contribution in [-0.4, -0.2) is 22.5 Å². The van der Waals surface area contributed by atoms with E-state index in [-0.39, 0.29) is 11.0 Å². The molecular weight excluding hydrogens is 442 g/mol. The number of hydrogen-bond donors (Lipinski definition) is 0. The van der Waals surface area contributed by atoms with E-state index in [1.807, 2.05) is 36.4 Å². The maximum atomic E-state index is 13.2. The van der Waals surface area contributed by atoms with Crippen LogP contribution in [0.25, 0.3) is 10.9 Å². The number of nitrogens with zero attached hydrogens (tertiary/aromatic N) is 3. The van der Waals surface area contributed by atoms with Crippen molar-refractivity contribution in [1.82, 2.24) is 9.66 Å². The Morgan fingerprint density at radius 3 is 2.70 bits per heavy atom. The Morgan fingerprint density at radius 1 is 1.20 bits per heavy atom. The number of unbranched alkanes of at least 4 members (excludes halogenated alkanes) is 1. The van der Waals surface area contributed by atoms with Crippen LogP contribution in [0, 0.1) is 5.41 Å². The summed E-state index contributed by atoms with van der Waals surface area (Å²) in [6.07, 6.45) is 4.33. The highest BCUT2D eigenvalue weighted by Crippen LogP contribution is 2.21.